The van der Waals surface area contributed by atoms with Crippen molar-refractivity contribution in [2.24, 2.45) is 0 Å². The lowest BCUT2D eigenvalue weighted by atomic mass is 9.82. The van der Waals surface area contributed by atoms with Gasteiger partial charge in [-0.05, 0) is 12.8 Å². The Hall–Kier alpha value is -2.10. The normalized spacial score (nSPS) is 20.3. The molecule has 7 heteroatoms. The molecule has 0 aromatic carbocycles. The van der Waals surface area contributed by atoms with Gasteiger partial charge in [0.25, 0.3) is 5.91 Å². The molecular weight excluding hydrogens is 272 g/mol. The van der Waals surface area contributed by atoms with Crippen LogP contribution in [0.5, 0.6) is 0 Å². The SMILES string of the molecule is CN(CCC#N)C(=O)CN1C(=O)NC2(CCCCC2)C1=O. The third-order valence-corrected chi connectivity index (χ3v) is 4.23. The number of carbonyl (C=O) groups is 3. The summed E-state index contributed by atoms with van der Waals surface area (Å²) in [7, 11) is 1.56. The molecule has 0 radical (unpaired) electrons. The summed E-state index contributed by atoms with van der Waals surface area (Å²) < 4.78 is 0. The highest BCUT2D eigenvalue weighted by Gasteiger charge is 2.51. The molecule has 2 rings (SSSR count). The Labute approximate surface area is 123 Å². The average molecular weight is 292 g/mol. The second kappa shape index (κ2) is 6.12. The van der Waals surface area contributed by atoms with Crippen molar-refractivity contribution in [1.29, 1.82) is 5.26 Å². The lowest BCUT2D eigenvalue weighted by molar-refractivity contribution is -0.138. The van der Waals surface area contributed by atoms with E-state index in [0.29, 0.717) is 19.4 Å². The molecule has 4 amide bonds. The Morgan fingerprint density at radius 1 is 1.38 bits per heavy atom. The van der Waals surface area contributed by atoms with Crippen LogP contribution < -0.4 is 5.32 Å². The lowest BCUT2D eigenvalue weighted by Crippen LogP contribution is -2.49. The molecule has 114 valence electrons. The fraction of sp³-hybridized carbons (Fsp3) is 0.714. The van der Waals surface area contributed by atoms with E-state index in [9.17, 15) is 14.4 Å². The van der Waals surface area contributed by atoms with Gasteiger partial charge in [-0.25, -0.2) is 4.79 Å². The maximum absolute atomic E-state index is 12.5. The van der Waals surface area contributed by atoms with E-state index in [-0.39, 0.29) is 24.8 Å². The number of likely N-dealkylation sites (N-methyl/N-ethyl adjacent to an activating group) is 1. The molecule has 1 saturated carbocycles. The van der Waals surface area contributed by atoms with Gasteiger partial charge in [0.05, 0.1) is 12.5 Å². The molecule has 0 bridgehead atoms. The number of urea groups is 1. The van der Waals surface area contributed by atoms with Crippen LogP contribution in [0.4, 0.5) is 4.79 Å². The Kier molecular flexibility index (Phi) is 4.46. The van der Waals surface area contributed by atoms with E-state index < -0.39 is 11.6 Å². The van der Waals surface area contributed by atoms with E-state index in [4.69, 9.17) is 5.26 Å². The van der Waals surface area contributed by atoms with Gasteiger partial charge in [-0.15, -0.1) is 0 Å². The highest BCUT2D eigenvalue weighted by atomic mass is 16.2. The van der Waals surface area contributed by atoms with Crippen LogP contribution in [0.3, 0.4) is 0 Å². The van der Waals surface area contributed by atoms with Crippen molar-refractivity contribution in [1.82, 2.24) is 15.1 Å². The molecule has 1 heterocycles. The standard InChI is InChI=1S/C14H20N4O3/c1-17(9-5-8-15)11(19)10-18-12(20)14(16-13(18)21)6-3-2-4-7-14/h2-7,9-10H2,1H3,(H,16,21). The summed E-state index contributed by atoms with van der Waals surface area (Å²) in [6, 6.07) is 1.48. The van der Waals surface area contributed by atoms with E-state index >= 15 is 0 Å². The predicted molar refractivity (Wildman–Crippen MR) is 73.9 cm³/mol. The number of nitriles is 1. The Balaban J connectivity index is 2.00. The fourth-order valence-corrected chi connectivity index (χ4v) is 2.91. The largest absolute Gasteiger partial charge is 0.343 e. The third kappa shape index (κ3) is 2.99. The second-order valence-electron chi connectivity index (χ2n) is 5.69. The summed E-state index contributed by atoms with van der Waals surface area (Å²) in [5, 5.41) is 11.3. The van der Waals surface area contributed by atoms with Gasteiger partial charge in [0, 0.05) is 13.6 Å². The van der Waals surface area contributed by atoms with Gasteiger partial charge in [-0.1, -0.05) is 19.3 Å². The molecule has 21 heavy (non-hydrogen) atoms. The zero-order valence-electron chi connectivity index (χ0n) is 12.2. The average Bonchev–Trinajstić information content (AvgIpc) is 2.69. The van der Waals surface area contributed by atoms with Crippen LogP contribution in [-0.2, 0) is 9.59 Å². The first-order chi connectivity index (χ1) is 10.00. The summed E-state index contributed by atoms with van der Waals surface area (Å²) >= 11 is 0. The second-order valence-corrected chi connectivity index (χ2v) is 5.69. The summed E-state index contributed by atoms with van der Waals surface area (Å²) in [4.78, 5) is 38.9. The summed E-state index contributed by atoms with van der Waals surface area (Å²) in [5.41, 5.74) is -0.791. The Morgan fingerprint density at radius 3 is 2.67 bits per heavy atom. The van der Waals surface area contributed by atoms with Crippen LogP contribution in [0.25, 0.3) is 0 Å². The van der Waals surface area contributed by atoms with Crippen LogP contribution in [0.2, 0.25) is 0 Å². The molecule has 0 atom stereocenters. The highest BCUT2D eigenvalue weighted by Crippen LogP contribution is 2.33. The molecule has 1 spiro atoms. The first kappa shape index (κ1) is 15.3. The minimum absolute atomic E-state index is 0.228. The molecular formula is C14H20N4O3. The van der Waals surface area contributed by atoms with E-state index in [0.717, 1.165) is 24.2 Å². The van der Waals surface area contributed by atoms with E-state index in [1.807, 2.05) is 6.07 Å². The molecule has 1 aliphatic heterocycles. The molecule has 1 N–H and O–H groups in total. The quantitative estimate of drug-likeness (QED) is 0.768. The number of rotatable bonds is 4. The van der Waals surface area contributed by atoms with Crippen LogP contribution in [0, 0.1) is 11.3 Å². The minimum Gasteiger partial charge on any atom is -0.343 e. The van der Waals surface area contributed by atoms with Gasteiger partial charge in [0.2, 0.25) is 5.91 Å². The summed E-state index contributed by atoms with van der Waals surface area (Å²) in [6.07, 6.45) is 4.41. The monoisotopic (exact) mass is 292 g/mol. The Bertz CT molecular complexity index is 491. The van der Waals surface area contributed by atoms with Gasteiger partial charge in [0.15, 0.2) is 0 Å². The first-order valence-electron chi connectivity index (χ1n) is 7.25. The number of amides is 4. The summed E-state index contributed by atoms with van der Waals surface area (Å²) in [5.74, 6) is -0.615. The van der Waals surface area contributed by atoms with Crippen molar-refractivity contribution in [3.63, 3.8) is 0 Å². The number of imide groups is 1. The van der Waals surface area contributed by atoms with Gasteiger partial charge >= 0.3 is 6.03 Å². The van der Waals surface area contributed by atoms with E-state index in [1.165, 1.54) is 4.90 Å². The number of hydrogen-bond donors (Lipinski definition) is 1. The molecule has 2 fully saturated rings. The van der Waals surface area contributed by atoms with Crippen molar-refractivity contribution in [2.75, 3.05) is 20.1 Å². The molecule has 0 aromatic rings. The number of nitrogens with zero attached hydrogens (tertiary/aromatic N) is 3. The molecule has 7 nitrogen and oxygen atoms in total. The molecule has 2 aliphatic rings. The van der Waals surface area contributed by atoms with Crippen LogP contribution >= 0.6 is 0 Å². The van der Waals surface area contributed by atoms with Crippen LogP contribution in [0.15, 0.2) is 0 Å². The molecule has 0 unspecified atom stereocenters. The van der Waals surface area contributed by atoms with Crippen molar-refractivity contribution in [2.45, 2.75) is 44.1 Å². The fourth-order valence-electron chi connectivity index (χ4n) is 2.91. The first-order valence-corrected chi connectivity index (χ1v) is 7.25. The van der Waals surface area contributed by atoms with Gasteiger partial charge in [0.1, 0.15) is 12.1 Å². The number of carbonyl (C=O) groups excluding carboxylic acids is 3. The van der Waals surface area contributed by atoms with Crippen molar-refractivity contribution >= 4 is 17.8 Å². The van der Waals surface area contributed by atoms with Crippen molar-refractivity contribution in [3.05, 3.63) is 0 Å². The molecule has 1 aliphatic carbocycles. The van der Waals surface area contributed by atoms with Crippen LogP contribution in [0.1, 0.15) is 38.5 Å². The molecule has 0 aromatic heterocycles. The minimum atomic E-state index is -0.791. The number of hydrogen-bond acceptors (Lipinski definition) is 4. The van der Waals surface area contributed by atoms with Gasteiger partial charge in [-0.2, -0.15) is 5.26 Å². The Morgan fingerprint density at radius 2 is 2.05 bits per heavy atom. The smallest absolute Gasteiger partial charge is 0.325 e. The zero-order chi connectivity index (χ0) is 15.5. The number of nitrogens with one attached hydrogen (secondary N) is 1. The zero-order valence-corrected chi connectivity index (χ0v) is 12.2. The maximum atomic E-state index is 12.5. The maximum Gasteiger partial charge on any atom is 0.325 e. The van der Waals surface area contributed by atoms with Crippen molar-refractivity contribution < 1.29 is 14.4 Å². The van der Waals surface area contributed by atoms with Gasteiger partial charge < -0.3 is 10.2 Å². The topological polar surface area (TPSA) is 93.5 Å². The van der Waals surface area contributed by atoms with E-state index in [1.54, 1.807) is 7.05 Å². The lowest BCUT2D eigenvalue weighted by Gasteiger charge is -2.30. The third-order valence-electron chi connectivity index (χ3n) is 4.23. The van der Waals surface area contributed by atoms with E-state index in [2.05, 4.69) is 5.32 Å². The van der Waals surface area contributed by atoms with Crippen LogP contribution in [-0.4, -0.2) is 53.3 Å². The molecule has 1 saturated heterocycles. The predicted octanol–water partition coefficient (Wildman–Crippen LogP) is 0.613. The van der Waals surface area contributed by atoms with Gasteiger partial charge in [-0.3, -0.25) is 14.5 Å². The van der Waals surface area contributed by atoms with Crippen molar-refractivity contribution in [3.8, 4) is 6.07 Å². The highest BCUT2D eigenvalue weighted by molar-refractivity contribution is 6.09. The summed E-state index contributed by atoms with van der Waals surface area (Å²) in [6.45, 7) is 0.0401.